The zero-order valence-corrected chi connectivity index (χ0v) is 14.0. The molecule has 23 heavy (non-hydrogen) atoms. The quantitative estimate of drug-likeness (QED) is 0.740. The van der Waals surface area contributed by atoms with Gasteiger partial charge in [-0.05, 0) is 43.9 Å². The van der Waals surface area contributed by atoms with Gasteiger partial charge < -0.3 is 14.9 Å². The monoisotopic (exact) mass is 321 g/mol. The number of ether oxygens (including phenoxy) is 1. The van der Waals surface area contributed by atoms with Crippen molar-refractivity contribution in [2.75, 3.05) is 5.32 Å². The van der Waals surface area contributed by atoms with Crippen LogP contribution >= 0.6 is 0 Å². The van der Waals surface area contributed by atoms with Crippen molar-refractivity contribution in [3.8, 4) is 5.75 Å². The van der Waals surface area contributed by atoms with E-state index in [1.807, 2.05) is 13.8 Å². The minimum Gasteiger partial charge on any atom is -0.506 e. The van der Waals surface area contributed by atoms with Crippen LogP contribution in [0.5, 0.6) is 5.75 Å². The fraction of sp³-hybridized carbons (Fsp3) is 0.529. The maximum atomic E-state index is 11.7. The number of benzene rings is 1. The molecular weight excluding hydrogens is 298 g/mol. The average Bonchev–Trinajstić information content (AvgIpc) is 2.92. The predicted octanol–water partition coefficient (Wildman–Crippen LogP) is 3.56. The summed E-state index contributed by atoms with van der Waals surface area (Å²) >= 11 is 0. The number of carbonyl (C=O) groups is 2. The number of phenols is 1. The van der Waals surface area contributed by atoms with E-state index in [-0.39, 0.29) is 22.8 Å². The minimum absolute atomic E-state index is 0.111. The van der Waals surface area contributed by atoms with Gasteiger partial charge in [-0.2, -0.15) is 0 Å². The van der Waals surface area contributed by atoms with E-state index in [0.717, 1.165) is 5.56 Å². The number of hydrogen-bond donors (Lipinski definition) is 3. The zero-order valence-electron chi connectivity index (χ0n) is 14.0. The van der Waals surface area contributed by atoms with Gasteiger partial charge in [0.2, 0.25) is 0 Å². The summed E-state index contributed by atoms with van der Waals surface area (Å²) in [6, 6.07) is 4.78. The molecule has 1 aliphatic carbocycles. The molecule has 2 unspecified atom stereocenters. The molecule has 1 fully saturated rings. The van der Waals surface area contributed by atoms with Crippen LogP contribution in [0, 0.1) is 11.3 Å². The Hall–Kier alpha value is -2.24. The number of carboxylic acid groups (broad SMARTS) is 1. The van der Waals surface area contributed by atoms with Gasteiger partial charge in [-0.15, -0.1) is 0 Å². The van der Waals surface area contributed by atoms with Crippen molar-refractivity contribution >= 4 is 17.7 Å². The van der Waals surface area contributed by atoms with E-state index >= 15 is 0 Å². The highest BCUT2D eigenvalue weighted by molar-refractivity contribution is 5.87. The van der Waals surface area contributed by atoms with Crippen LogP contribution in [0.1, 0.15) is 46.1 Å². The number of carbonyl (C=O) groups excluding carboxylic acids is 1. The Kier molecular flexibility index (Phi) is 4.05. The molecule has 2 atom stereocenters. The van der Waals surface area contributed by atoms with E-state index in [9.17, 15) is 19.8 Å². The summed E-state index contributed by atoms with van der Waals surface area (Å²) < 4.78 is 5.13. The largest absolute Gasteiger partial charge is 0.506 e. The molecule has 0 aliphatic heterocycles. The first-order valence-corrected chi connectivity index (χ1v) is 7.49. The minimum atomic E-state index is -0.838. The fourth-order valence-electron chi connectivity index (χ4n) is 2.98. The van der Waals surface area contributed by atoms with Gasteiger partial charge in [0.1, 0.15) is 11.4 Å². The molecule has 1 aromatic carbocycles. The lowest BCUT2D eigenvalue weighted by Gasteiger charge is -2.20. The van der Waals surface area contributed by atoms with Crippen LogP contribution in [0.3, 0.4) is 0 Å². The number of amides is 1. The second kappa shape index (κ2) is 5.44. The maximum Gasteiger partial charge on any atom is 0.412 e. The lowest BCUT2D eigenvalue weighted by Crippen LogP contribution is -2.27. The van der Waals surface area contributed by atoms with E-state index in [4.69, 9.17) is 4.74 Å². The number of rotatable bonds is 3. The first-order valence-electron chi connectivity index (χ1n) is 7.49. The van der Waals surface area contributed by atoms with Gasteiger partial charge in [-0.25, -0.2) is 4.79 Å². The Labute approximate surface area is 135 Å². The molecule has 6 nitrogen and oxygen atoms in total. The Morgan fingerprint density at radius 2 is 1.87 bits per heavy atom. The van der Waals surface area contributed by atoms with Gasteiger partial charge in [0.25, 0.3) is 0 Å². The molecule has 0 radical (unpaired) electrons. The van der Waals surface area contributed by atoms with Crippen LogP contribution in [0.15, 0.2) is 18.2 Å². The number of anilines is 1. The third-order valence-corrected chi connectivity index (χ3v) is 4.11. The molecule has 6 heteroatoms. The number of aliphatic carboxylic acids is 1. The summed E-state index contributed by atoms with van der Waals surface area (Å²) in [7, 11) is 0. The summed E-state index contributed by atoms with van der Waals surface area (Å²) in [6.07, 6.45) is -0.657. The highest BCUT2D eigenvalue weighted by Crippen LogP contribution is 2.64. The maximum absolute atomic E-state index is 11.7. The normalized spacial score (nSPS) is 22.3. The highest BCUT2D eigenvalue weighted by atomic mass is 16.6. The fourth-order valence-corrected chi connectivity index (χ4v) is 2.98. The van der Waals surface area contributed by atoms with Gasteiger partial charge in [0.05, 0.1) is 11.6 Å². The van der Waals surface area contributed by atoms with Gasteiger partial charge in [0, 0.05) is 5.92 Å². The van der Waals surface area contributed by atoms with Gasteiger partial charge >= 0.3 is 12.1 Å². The van der Waals surface area contributed by atoms with E-state index < -0.39 is 23.6 Å². The van der Waals surface area contributed by atoms with Crippen LogP contribution in [0.25, 0.3) is 0 Å². The summed E-state index contributed by atoms with van der Waals surface area (Å²) in [5.74, 6) is -1.57. The van der Waals surface area contributed by atoms with Gasteiger partial charge in [0.15, 0.2) is 0 Å². The Morgan fingerprint density at radius 3 is 2.30 bits per heavy atom. The SMILES string of the molecule is CC(C)(C)OC(=O)Nc1ccc(C2C(C(=O)O)C2(C)C)cc1O. The topological polar surface area (TPSA) is 95.9 Å². The second-order valence-corrected chi connectivity index (χ2v) is 7.52. The molecule has 0 saturated heterocycles. The summed E-state index contributed by atoms with van der Waals surface area (Å²) in [4.78, 5) is 23.0. The third kappa shape index (κ3) is 3.57. The lowest BCUT2D eigenvalue weighted by atomic mass is 10.0. The molecule has 1 aliphatic rings. The Bertz CT molecular complexity index is 645. The summed E-state index contributed by atoms with van der Waals surface area (Å²) in [5, 5.41) is 21.8. The zero-order chi connectivity index (χ0) is 17.6. The van der Waals surface area contributed by atoms with Crippen LogP contribution in [0.2, 0.25) is 0 Å². The molecule has 0 spiro atoms. The van der Waals surface area contributed by atoms with E-state index in [2.05, 4.69) is 5.32 Å². The highest BCUT2D eigenvalue weighted by Gasteiger charge is 2.62. The Balaban J connectivity index is 2.14. The Morgan fingerprint density at radius 1 is 1.26 bits per heavy atom. The van der Waals surface area contributed by atoms with Crippen molar-refractivity contribution < 1.29 is 24.5 Å². The molecule has 1 amide bonds. The van der Waals surface area contributed by atoms with Gasteiger partial charge in [-0.3, -0.25) is 10.1 Å². The van der Waals surface area contributed by atoms with Crippen molar-refractivity contribution in [1.29, 1.82) is 0 Å². The smallest absolute Gasteiger partial charge is 0.412 e. The second-order valence-electron chi connectivity index (χ2n) is 7.52. The van der Waals surface area contributed by atoms with Crippen LogP contribution in [0.4, 0.5) is 10.5 Å². The number of nitrogens with one attached hydrogen (secondary N) is 1. The summed E-state index contributed by atoms with van der Waals surface area (Å²) in [5.41, 5.74) is -0.00640. The molecule has 3 N–H and O–H groups in total. The van der Waals surface area contributed by atoms with Crippen LogP contribution in [-0.2, 0) is 9.53 Å². The van der Waals surface area contributed by atoms with Crippen molar-refractivity contribution in [3.05, 3.63) is 23.8 Å². The molecule has 0 heterocycles. The van der Waals surface area contributed by atoms with Crippen molar-refractivity contribution in [2.45, 2.75) is 46.1 Å². The molecule has 0 bridgehead atoms. The van der Waals surface area contributed by atoms with Crippen molar-refractivity contribution in [1.82, 2.24) is 0 Å². The number of aromatic hydroxyl groups is 1. The van der Waals surface area contributed by atoms with Crippen molar-refractivity contribution in [3.63, 3.8) is 0 Å². The predicted molar refractivity (Wildman–Crippen MR) is 85.6 cm³/mol. The van der Waals surface area contributed by atoms with Crippen LogP contribution < -0.4 is 5.32 Å². The first-order chi connectivity index (χ1) is 10.4. The molecule has 1 saturated carbocycles. The number of carboxylic acids is 1. The third-order valence-electron chi connectivity index (χ3n) is 4.11. The number of hydrogen-bond acceptors (Lipinski definition) is 4. The molecule has 0 aromatic heterocycles. The summed E-state index contributed by atoms with van der Waals surface area (Å²) in [6.45, 7) is 9.02. The molecule has 2 rings (SSSR count). The van der Waals surface area contributed by atoms with Crippen LogP contribution in [-0.4, -0.2) is 27.9 Å². The standard InChI is InChI=1S/C17H23NO5/c1-16(2,3)23-15(22)18-10-7-6-9(8-11(10)19)12-13(14(20)21)17(12,4)5/h6-8,12-13,19H,1-5H3,(H,18,22)(H,20,21). The van der Waals surface area contributed by atoms with Crippen molar-refractivity contribution in [2.24, 2.45) is 11.3 Å². The molecular formula is C17H23NO5. The molecule has 1 aromatic rings. The average molecular weight is 321 g/mol. The van der Waals surface area contributed by atoms with E-state index in [1.165, 1.54) is 6.07 Å². The van der Waals surface area contributed by atoms with E-state index in [0.29, 0.717) is 0 Å². The first kappa shape index (κ1) is 17.1. The number of phenolic OH excluding ortho intramolecular Hbond substituents is 1. The molecule has 126 valence electrons. The van der Waals surface area contributed by atoms with Gasteiger partial charge in [-0.1, -0.05) is 19.9 Å². The van der Waals surface area contributed by atoms with E-state index in [1.54, 1.807) is 32.9 Å². The lowest BCUT2D eigenvalue weighted by molar-refractivity contribution is -0.139.